The first-order valence-electron chi connectivity index (χ1n) is 11.3. The number of amides is 1. The van der Waals surface area contributed by atoms with Gasteiger partial charge in [-0.2, -0.15) is 0 Å². The predicted octanol–water partition coefficient (Wildman–Crippen LogP) is 0.356. The number of anilines is 1. The van der Waals surface area contributed by atoms with Crippen molar-refractivity contribution in [3.05, 3.63) is 59.7 Å². The van der Waals surface area contributed by atoms with Gasteiger partial charge in [0, 0.05) is 11.1 Å². The Balaban J connectivity index is 1.48. The summed E-state index contributed by atoms with van der Waals surface area (Å²) in [6, 6.07) is 13.3. The zero-order valence-electron chi connectivity index (χ0n) is 20.0. The molecular weight excluding hydrogens is 506 g/mol. The van der Waals surface area contributed by atoms with Crippen molar-refractivity contribution in [3.8, 4) is 0 Å². The molecule has 0 saturated carbocycles. The van der Waals surface area contributed by atoms with Gasteiger partial charge in [-0.15, -0.1) is 0 Å². The molecule has 0 aliphatic carbocycles. The number of aliphatic hydroxyl groups is 4. The third-order valence-corrected chi connectivity index (χ3v) is 5.81. The normalized spacial score (nSPS) is 23.0. The minimum Gasteiger partial charge on any atom is -0.453 e. The number of rotatable bonds is 7. The summed E-state index contributed by atoms with van der Waals surface area (Å²) in [5, 5.41) is 41.2. The van der Waals surface area contributed by atoms with Gasteiger partial charge in [0.15, 0.2) is 18.8 Å². The number of ketones is 1. The molecule has 1 amide bonds. The lowest BCUT2D eigenvalue weighted by atomic mass is 9.99. The van der Waals surface area contributed by atoms with Crippen LogP contribution < -0.4 is 5.32 Å². The van der Waals surface area contributed by atoms with Crippen LogP contribution in [-0.4, -0.2) is 92.4 Å². The Kier molecular flexibility index (Phi) is 8.19. The van der Waals surface area contributed by atoms with E-state index >= 15 is 0 Å². The largest absolute Gasteiger partial charge is 0.510 e. The molecule has 4 rings (SSSR count). The van der Waals surface area contributed by atoms with Crippen LogP contribution in [0.1, 0.15) is 15.9 Å². The second-order valence-corrected chi connectivity index (χ2v) is 8.25. The quantitative estimate of drug-likeness (QED) is 0.207. The first-order valence-corrected chi connectivity index (χ1v) is 11.3. The summed E-state index contributed by atoms with van der Waals surface area (Å²) in [4.78, 5) is 41.1. The van der Waals surface area contributed by atoms with Crippen LogP contribution in [0.5, 0.6) is 0 Å². The molecule has 5 unspecified atom stereocenters. The highest BCUT2D eigenvalue weighted by molar-refractivity contribution is 6.10. The molecule has 0 spiro atoms. The number of imidazole rings is 1. The summed E-state index contributed by atoms with van der Waals surface area (Å²) in [6.07, 6.45) is -10.3. The maximum absolute atomic E-state index is 12.8. The van der Waals surface area contributed by atoms with E-state index in [1.54, 1.807) is 42.5 Å². The van der Waals surface area contributed by atoms with Crippen LogP contribution >= 0.6 is 0 Å². The van der Waals surface area contributed by atoms with E-state index in [4.69, 9.17) is 14.2 Å². The first-order chi connectivity index (χ1) is 18.2. The SMILES string of the molecule is COC(=O)Nc1nc2cc(C(=O)c3ccccc3)ccc2n1COC(=O)OCC1OC(O)C(O)C(O)C1O. The zero-order valence-corrected chi connectivity index (χ0v) is 20.0. The maximum atomic E-state index is 12.8. The molecule has 1 aromatic heterocycles. The smallest absolute Gasteiger partial charge is 0.453 e. The Morgan fingerprint density at radius 1 is 0.974 bits per heavy atom. The van der Waals surface area contributed by atoms with Crippen LogP contribution in [0.3, 0.4) is 0 Å². The highest BCUT2D eigenvalue weighted by atomic mass is 16.7. The average Bonchev–Trinajstić information content (AvgIpc) is 3.27. The Labute approximate surface area is 214 Å². The summed E-state index contributed by atoms with van der Waals surface area (Å²) in [7, 11) is 1.15. The lowest BCUT2D eigenvalue weighted by Gasteiger charge is -2.37. The van der Waals surface area contributed by atoms with Crippen LogP contribution in [0.2, 0.25) is 0 Å². The molecule has 2 aromatic carbocycles. The molecule has 5 atom stereocenters. The fraction of sp³-hybridized carbons (Fsp3) is 0.333. The summed E-state index contributed by atoms with van der Waals surface area (Å²) < 4.78 is 20.8. The number of ether oxygens (including phenoxy) is 4. The van der Waals surface area contributed by atoms with Crippen molar-refractivity contribution in [2.75, 3.05) is 19.0 Å². The summed E-state index contributed by atoms with van der Waals surface area (Å²) in [5.74, 6) is -0.283. The van der Waals surface area contributed by atoms with Crippen molar-refractivity contribution in [1.29, 1.82) is 0 Å². The molecule has 1 fully saturated rings. The van der Waals surface area contributed by atoms with E-state index in [1.165, 1.54) is 10.6 Å². The standard InChI is InChI=1S/C24H25N3O11/c1-35-23(33)26-22-25-14-9-13(17(28)12-5-3-2-4-6-12)7-8-15(14)27(22)11-37-24(34)36-10-16-18(29)19(30)20(31)21(32)38-16/h2-9,16,18-21,29-32H,10-11H2,1H3,(H,25,26,33). The predicted molar refractivity (Wildman–Crippen MR) is 127 cm³/mol. The number of aliphatic hydroxyl groups excluding tert-OH is 4. The Morgan fingerprint density at radius 3 is 2.42 bits per heavy atom. The molecular formula is C24H25N3O11. The van der Waals surface area contributed by atoms with Crippen LogP contribution in [-0.2, 0) is 25.7 Å². The maximum Gasteiger partial charge on any atom is 0.510 e. The van der Waals surface area contributed by atoms with E-state index in [0.29, 0.717) is 22.2 Å². The van der Waals surface area contributed by atoms with Gasteiger partial charge < -0.3 is 39.4 Å². The van der Waals surface area contributed by atoms with Gasteiger partial charge in [-0.1, -0.05) is 30.3 Å². The average molecular weight is 531 g/mol. The number of carbonyl (C=O) groups excluding carboxylic acids is 3. The van der Waals surface area contributed by atoms with E-state index in [0.717, 1.165) is 7.11 Å². The number of aromatic nitrogens is 2. The molecule has 14 heteroatoms. The number of fused-ring (bicyclic) bond motifs is 1. The number of benzene rings is 2. The number of hydrogen-bond donors (Lipinski definition) is 5. The minimum absolute atomic E-state index is 0.0461. The summed E-state index contributed by atoms with van der Waals surface area (Å²) in [5.41, 5.74) is 1.54. The molecule has 3 aromatic rings. The molecule has 202 valence electrons. The molecule has 14 nitrogen and oxygen atoms in total. The van der Waals surface area contributed by atoms with Gasteiger partial charge in [-0.25, -0.2) is 14.6 Å². The number of methoxy groups -OCH3 is 1. The Morgan fingerprint density at radius 2 is 1.71 bits per heavy atom. The lowest BCUT2D eigenvalue weighted by Crippen LogP contribution is -2.58. The van der Waals surface area contributed by atoms with Gasteiger partial charge in [-0.05, 0) is 18.2 Å². The van der Waals surface area contributed by atoms with E-state index in [9.17, 15) is 34.8 Å². The third-order valence-electron chi connectivity index (χ3n) is 5.81. The van der Waals surface area contributed by atoms with Gasteiger partial charge in [0.25, 0.3) is 0 Å². The zero-order chi connectivity index (χ0) is 27.4. The number of nitrogens with one attached hydrogen (secondary N) is 1. The second kappa shape index (κ2) is 11.5. The molecule has 1 aliphatic rings. The van der Waals surface area contributed by atoms with Gasteiger partial charge >= 0.3 is 12.2 Å². The fourth-order valence-corrected chi connectivity index (χ4v) is 3.77. The van der Waals surface area contributed by atoms with E-state index in [1.807, 2.05) is 0 Å². The van der Waals surface area contributed by atoms with Gasteiger partial charge in [0.1, 0.15) is 31.0 Å². The summed E-state index contributed by atoms with van der Waals surface area (Å²) >= 11 is 0. The molecule has 1 saturated heterocycles. The van der Waals surface area contributed by atoms with Crippen LogP contribution in [0.25, 0.3) is 11.0 Å². The van der Waals surface area contributed by atoms with Crippen molar-refractivity contribution in [2.24, 2.45) is 0 Å². The van der Waals surface area contributed by atoms with Crippen LogP contribution in [0.4, 0.5) is 15.5 Å². The van der Waals surface area contributed by atoms with E-state index in [2.05, 4.69) is 15.0 Å². The van der Waals surface area contributed by atoms with Crippen molar-refractivity contribution >= 4 is 35.0 Å². The third kappa shape index (κ3) is 5.74. The lowest BCUT2D eigenvalue weighted by molar-refractivity contribution is -0.287. The molecule has 38 heavy (non-hydrogen) atoms. The monoisotopic (exact) mass is 531 g/mol. The van der Waals surface area contributed by atoms with Crippen molar-refractivity contribution < 1.29 is 53.8 Å². The highest BCUT2D eigenvalue weighted by Gasteiger charge is 2.43. The second-order valence-electron chi connectivity index (χ2n) is 8.25. The van der Waals surface area contributed by atoms with Crippen molar-refractivity contribution in [3.63, 3.8) is 0 Å². The summed E-state index contributed by atoms with van der Waals surface area (Å²) in [6.45, 7) is -1.09. The fourth-order valence-electron chi connectivity index (χ4n) is 3.77. The van der Waals surface area contributed by atoms with E-state index in [-0.39, 0.29) is 11.7 Å². The number of nitrogens with zero attached hydrogens (tertiary/aromatic N) is 2. The van der Waals surface area contributed by atoms with Gasteiger partial charge in [0.2, 0.25) is 5.95 Å². The number of hydrogen-bond acceptors (Lipinski definition) is 12. The molecule has 0 radical (unpaired) electrons. The molecule has 0 bridgehead atoms. The minimum atomic E-state index is -1.79. The van der Waals surface area contributed by atoms with Gasteiger partial charge in [0.05, 0.1) is 18.1 Å². The first kappa shape index (κ1) is 27.0. The highest BCUT2D eigenvalue weighted by Crippen LogP contribution is 2.24. The Bertz CT molecular complexity index is 1310. The van der Waals surface area contributed by atoms with Gasteiger partial charge in [-0.3, -0.25) is 14.7 Å². The van der Waals surface area contributed by atoms with Crippen molar-refractivity contribution in [1.82, 2.24) is 9.55 Å². The van der Waals surface area contributed by atoms with Crippen LogP contribution in [0.15, 0.2) is 48.5 Å². The molecule has 5 N–H and O–H groups in total. The van der Waals surface area contributed by atoms with Crippen LogP contribution in [0, 0.1) is 0 Å². The molecule has 2 heterocycles. The topological polar surface area (TPSA) is 199 Å². The Hall–Kier alpha value is -4.08. The molecule has 1 aliphatic heterocycles. The number of carbonyl (C=O) groups is 3. The van der Waals surface area contributed by atoms with Crippen molar-refractivity contribution in [2.45, 2.75) is 37.4 Å². The van der Waals surface area contributed by atoms with E-state index < -0.39 is 56.3 Å².